The first-order valence-corrected chi connectivity index (χ1v) is 3.18. The fraction of sp³-hybridized carbons (Fsp3) is 0.500. The minimum Gasteiger partial charge on any atom is -0.262 e. The average molecular weight is 177 g/mol. The van der Waals surface area contributed by atoms with Crippen LogP contribution in [0.2, 0.25) is 0 Å². The fourth-order valence-corrected chi connectivity index (χ4v) is 0.335. The number of hydrogen-bond donors (Lipinski definition) is 0. The van der Waals surface area contributed by atoms with Crippen molar-refractivity contribution in [3.05, 3.63) is 0 Å². The predicted octanol–water partition coefficient (Wildman–Crippen LogP) is 0.468. The molecule has 10 heavy (non-hydrogen) atoms. The van der Waals surface area contributed by atoms with Crippen LogP contribution in [-0.2, 0) is 14.4 Å². The predicted molar refractivity (Wildman–Crippen MR) is 25.6 cm³/mol. The summed E-state index contributed by atoms with van der Waals surface area (Å²) >= 11 is 0. The zero-order valence-corrected chi connectivity index (χ0v) is 5.24. The number of nitrogens with zero attached hydrogens (tertiary/aromatic N) is 1. The first kappa shape index (κ1) is 9.21. The summed E-state index contributed by atoms with van der Waals surface area (Å²) in [5.41, 5.74) is -5.44. The van der Waals surface area contributed by atoms with Crippen LogP contribution >= 0.6 is 0 Å². The van der Waals surface area contributed by atoms with Crippen LogP contribution < -0.4 is 0 Å². The van der Waals surface area contributed by atoms with Crippen molar-refractivity contribution >= 4 is 16.8 Å². The number of alkyl halides is 3. The van der Waals surface area contributed by atoms with Crippen molar-refractivity contribution in [2.45, 2.75) is 5.51 Å². The first-order valence-electron chi connectivity index (χ1n) is 1.77. The minimum absolute atomic E-state index is 2.12. The molecule has 0 aliphatic carbocycles. The summed E-state index contributed by atoms with van der Waals surface area (Å²) in [6, 6.07) is 0. The molecule has 0 aliphatic rings. The van der Waals surface area contributed by atoms with Crippen LogP contribution in [0.1, 0.15) is 0 Å². The van der Waals surface area contributed by atoms with Crippen LogP contribution in [0.4, 0.5) is 13.2 Å². The smallest absolute Gasteiger partial charge is 0.262 e. The Hall–Kier alpha value is -0.790. The van der Waals surface area contributed by atoms with Crippen LogP contribution in [-0.4, -0.2) is 20.6 Å². The van der Waals surface area contributed by atoms with Gasteiger partial charge in [-0.15, -0.1) is 0 Å². The molecule has 0 fully saturated rings. The van der Waals surface area contributed by atoms with Gasteiger partial charge in [0.2, 0.25) is 0 Å². The highest BCUT2D eigenvalue weighted by Crippen LogP contribution is 2.24. The van der Waals surface area contributed by atoms with Crippen LogP contribution in [0.15, 0.2) is 5.16 Å². The van der Waals surface area contributed by atoms with Crippen LogP contribution in [0.3, 0.4) is 0 Å². The molecule has 4 nitrogen and oxygen atoms in total. The normalized spacial score (nSPS) is 12.7. The van der Waals surface area contributed by atoms with Gasteiger partial charge in [0, 0.05) is 6.72 Å². The molecule has 0 rings (SSSR count). The van der Waals surface area contributed by atoms with Crippen LogP contribution in [0.5, 0.6) is 0 Å². The van der Waals surface area contributed by atoms with E-state index in [0.717, 1.165) is 0 Å². The topological polar surface area (TPSA) is 55.7 Å². The van der Waals surface area contributed by atoms with Gasteiger partial charge in [-0.3, -0.25) is 4.28 Å². The van der Waals surface area contributed by atoms with Crippen molar-refractivity contribution in [1.29, 1.82) is 0 Å². The van der Waals surface area contributed by atoms with E-state index in [1.165, 1.54) is 0 Å². The first-order chi connectivity index (χ1) is 4.31. The molecule has 60 valence electrons. The van der Waals surface area contributed by atoms with Gasteiger partial charge in [-0.2, -0.15) is 21.6 Å². The molecule has 0 saturated heterocycles. The highest BCUT2D eigenvalue weighted by atomic mass is 32.2. The molecule has 0 N–H and O–H groups in total. The number of hydrogen-bond acceptors (Lipinski definition) is 4. The van der Waals surface area contributed by atoms with E-state index < -0.39 is 15.6 Å². The van der Waals surface area contributed by atoms with Crippen molar-refractivity contribution in [2.75, 3.05) is 0 Å². The van der Waals surface area contributed by atoms with Gasteiger partial charge < -0.3 is 0 Å². The van der Waals surface area contributed by atoms with Gasteiger partial charge >= 0.3 is 15.6 Å². The summed E-state index contributed by atoms with van der Waals surface area (Å²) in [5, 5.41) is 2.12. The van der Waals surface area contributed by atoms with Crippen molar-refractivity contribution in [1.82, 2.24) is 0 Å². The van der Waals surface area contributed by atoms with E-state index in [2.05, 4.69) is 16.2 Å². The highest BCUT2D eigenvalue weighted by molar-refractivity contribution is 7.87. The molecule has 0 saturated carbocycles. The molecule has 0 radical (unpaired) electrons. The zero-order chi connectivity index (χ0) is 8.41. The lowest BCUT2D eigenvalue weighted by molar-refractivity contribution is -0.0540. The van der Waals surface area contributed by atoms with Crippen molar-refractivity contribution in [3.63, 3.8) is 0 Å². The maximum absolute atomic E-state index is 11.2. The summed E-state index contributed by atoms with van der Waals surface area (Å²) < 4.78 is 56.2. The van der Waals surface area contributed by atoms with Gasteiger partial charge in [0.15, 0.2) is 0 Å². The van der Waals surface area contributed by atoms with Gasteiger partial charge in [0.1, 0.15) is 0 Å². The maximum Gasteiger partial charge on any atom is 0.536 e. The number of oxime groups is 1. The van der Waals surface area contributed by atoms with Gasteiger partial charge in [0.05, 0.1) is 0 Å². The second-order valence-electron chi connectivity index (χ2n) is 1.10. The van der Waals surface area contributed by atoms with Gasteiger partial charge in [-0.05, 0) is 0 Å². The molecule has 0 aromatic heterocycles. The van der Waals surface area contributed by atoms with Crippen molar-refractivity contribution in [3.8, 4) is 0 Å². The lowest BCUT2D eigenvalue weighted by Crippen LogP contribution is -2.23. The average Bonchev–Trinajstić information content (AvgIpc) is 1.61. The van der Waals surface area contributed by atoms with Crippen LogP contribution in [0, 0.1) is 0 Å². The summed E-state index contributed by atoms with van der Waals surface area (Å²) in [7, 11) is -5.58. The molecule has 0 unspecified atom stereocenters. The Morgan fingerprint density at radius 3 is 1.90 bits per heavy atom. The molecule has 0 atom stereocenters. The number of halogens is 3. The second-order valence-corrected chi connectivity index (χ2v) is 2.62. The largest absolute Gasteiger partial charge is 0.536 e. The fourth-order valence-electron chi connectivity index (χ4n) is 0.112. The highest BCUT2D eigenvalue weighted by Gasteiger charge is 2.48. The standard InChI is InChI=1S/C2H2F3NO3S/c1-6-9-10(7,8)2(3,4)5/h1H2. The van der Waals surface area contributed by atoms with E-state index >= 15 is 0 Å². The van der Waals surface area contributed by atoms with E-state index in [4.69, 9.17) is 0 Å². The molecule has 0 aliphatic heterocycles. The zero-order valence-electron chi connectivity index (χ0n) is 4.42. The lowest BCUT2D eigenvalue weighted by atomic mass is 11.6. The molecular formula is C2H2F3NO3S. The Kier molecular flexibility index (Phi) is 2.25. The summed E-state index contributed by atoms with van der Waals surface area (Å²) in [6.07, 6.45) is 0. The van der Waals surface area contributed by atoms with E-state index in [1.807, 2.05) is 0 Å². The van der Waals surface area contributed by atoms with Crippen molar-refractivity contribution < 1.29 is 25.9 Å². The Labute approximate surface area is 54.4 Å². The molecule has 0 heterocycles. The third kappa shape index (κ3) is 1.87. The molecular weight excluding hydrogens is 175 g/mol. The van der Waals surface area contributed by atoms with E-state index in [1.54, 1.807) is 0 Å². The number of rotatable bonds is 2. The molecule has 0 bridgehead atoms. The SMILES string of the molecule is C=NOS(=O)(=O)C(F)(F)F. The second kappa shape index (κ2) is 2.45. The van der Waals surface area contributed by atoms with E-state index in [0.29, 0.717) is 0 Å². The Morgan fingerprint density at radius 2 is 1.80 bits per heavy atom. The molecule has 0 spiro atoms. The Bertz CT molecular complexity index is 216. The Balaban J connectivity index is 4.59. The lowest BCUT2D eigenvalue weighted by Gasteiger charge is -2.02. The molecule has 0 aromatic carbocycles. The summed E-state index contributed by atoms with van der Waals surface area (Å²) in [5.74, 6) is 0. The maximum atomic E-state index is 11.2. The quantitative estimate of drug-likeness (QED) is 0.350. The van der Waals surface area contributed by atoms with Gasteiger partial charge in [-0.1, -0.05) is 5.16 Å². The molecule has 0 amide bonds. The Morgan fingerprint density at radius 1 is 1.40 bits per heavy atom. The van der Waals surface area contributed by atoms with E-state index in [-0.39, 0.29) is 0 Å². The monoisotopic (exact) mass is 177 g/mol. The molecule has 0 aromatic rings. The summed E-state index contributed by atoms with van der Waals surface area (Å²) in [6.45, 7) is 2.41. The van der Waals surface area contributed by atoms with Crippen molar-refractivity contribution in [2.24, 2.45) is 5.16 Å². The third-order valence-electron chi connectivity index (χ3n) is 0.434. The van der Waals surface area contributed by atoms with Crippen LogP contribution in [0.25, 0.3) is 0 Å². The minimum atomic E-state index is -5.58. The third-order valence-corrected chi connectivity index (χ3v) is 1.30. The molecule has 8 heteroatoms. The van der Waals surface area contributed by atoms with E-state index in [9.17, 15) is 21.6 Å². The van der Waals surface area contributed by atoms with Gasteiger partial charge in [0.25, 0.3) is 0 Å². The van der Waals surface area contributed by atoms with Gasteiger partial charge in [-0.25, -0.2) is 0 Å². The summed E-state index contributed by atoms with van der Waals surface area (Å²) in [4.78, 5) is 0.